The zero-order valence-electron chi connectivity index (χ0n) is 11.4. The number of thiocarbonyl (C=S) groups is 1. The van der Waals surface area contributed by atoms with Gasteiger partial charge in [0.15, 0.2) is 0 Å². The summed E-state index contributed by atoms with van der Waals surface area (Å²) in [7, 11) is -3.18. The fourth-order valence-corrected chi connectivity index (χ4v) is 4.19. The first-order valence-electron chi connectivity index (χ1n) is 6.80. The molecular formula is C14H20N2O2S2. The van der Waals surface area contributed by atoms with Crippen LogP contribution in [0.4, 0.5) is 0 Å². The third kappa shape index (κ3) is 4.01. The lowest BCUT2D eigenvalue weighted by atomic mass is 9.98. The van der Waals surface area contributed by atoms with E-state index in [1.807, 2.05) is 30.3 Å². The molecule has 0 amide bonds. The topological polar surface area (TPSA) is 63.4 Å². The minimum Gasteiger partial charge on any atom is -0.393 e. The molecule has 1 aromatic rings. The van der Waals surface area contributed by atoms with Gasteiger partial charge in [-0.1, -0.05) is 42.5 Å². The molecule has 1 aliphatic rings. The van der Waals surface area contributed by atoms with Crippen molar-refractivity contribution in [2.24, 2.45) is 11.7 Å². The van der Waals surface area contributed by atoms with Gasteiger partial charge in [0, 0.05) is 19.0 Å². The van der Waals surface area contributed by atoms with Crippen LogP contribution in [0.25, 0.3) is 0 Å². The molecule has 110 valence electrons. The van der Waals surface area contributed by atoms with Crippen molar-refractivity contribution >= 4 is 27.2 Å². The Labute approximate surface area is 126 Å². The van der Waals surface area contributed by atoms with Crippen molar-refractivity contribution < 1.29 is 8.42 Å². The highest BCUT2D eigenvalue weighted by atomic mass is 32.2. The summed E-state index contributed by atoms with van der Waals surface area (Å²) in [5.74, 6) is 0.347. The second-order valence-electron chi connectivity index (χ2n) is 5.13. The van der Waals surface area contributed by atoms with E-state index in [4.69, 9.17) is 18.0 Å². The summed E-state index contributed by atoms with van der Waals surface area (Å²) in [6.45, 7) is 1.05. The van der Waals surface area contributed by atoms with Crippen LogP contribution in [0.3, 0.4) is 0 Å². The maximum atomic E-state index is 12.3. The summed E-state index contributed by atoms with van der Waals surface area (Å²) in [5.41, 5.74) is 6.67. The lowest BCUT2D eigenvalue weighted by Crippen LogP contribution is -2.42. The summed E-state index contributed by atoms with van der Waals surface area (Å²) in [6.07, 6.45) is 2.03. The van der Waals surface area contributed by atoms with E-state index in [0.717, 1.165) is 18.4 Å². The number of nitrogens with zero attached hydrogens (tertiary/aromatic N) is 1. The smallest absolute Gasteiger partial charge is 0.214 e. The number of hydrogen-bond acceptors (Lipinski definition) is 3. The van der Waals surface area contributed by atoms with E-state index in [1.54, 1.807) is 4.31 Å². The highest BCUT2D eigenvalue weighted by Crippen LogP contribution is 2.20. The van der Waals surface area contributed by atoms with Gasteiger partial charge in [0.25, 0.3) is 0 Å². The quantitative estimate of drug-likeness (QED) is 0.838. The standard InChI is InChI=1S/C14H20N2O2S2/c15-14(19)13-6-9-16(10-7-13)20(17,18)11-8-12-4-2-1-3-5-12/h1-5,13H,6-11H2,(H2,15,19). The van der Waals surface area contributed by atoms with Crippen molar-refractivity contribution in [2.45, 2.75) is 19.3 Å². The molecule has 0 aliphatic carbocycles. The van der Waals surface area contributed by atoms with Gasteiger partial charge in [-0.25, -0.2) is 12.7 Å². The van der Waals surface area contributed by atoms with Crippen molar-refractivity contribution in [3.05, 3.63) is 35.9 Å². The van der Waals surface area contributed by atoms with Crippen LogP contribution in [0, 0.1) is 5.92 Å². The predicted molar refractivity (Wildman–Crippen MR) is 85.0 cm³/mol. The Balaban J connectivity index is 1.90. The molecule has 1 saturated heterocycles. The van der Waals surface area contributed by atoms with E-state index in [0.29, 0.717) is 24.5 Å². The molecule has 1 heterocycles. The Bertz CT molecular complexity index is 550. The second-order valence-corrected chi connectivity index (χ2v) is 7.69. The molecule has 0 aromatic heterocycles. The Morgan fingerprint density at radius 1 is 1.25 bits per heavy atom. The molecule has 1 aromatic carbocycles. The Kier molecular flexibility index (Phi) is 5.12. The largest absolute Gasteiger partial charge is 0.393 e. The first-order valence-corrected chi connectivity index (χ1v) is 8.82. The van der Waals surface area contributed by atoms with E-state index < -0.39 is 10.0 Å². The minimum atomic E-state index is -3.18. The molecule has 2 N–H and O–H groups in total. The molecule has 0 saturated carbocycles. The average Bonchev–Trinajstić information content (AvgIpc) is 2.46. The molecule has 4 nitrogen and oxygen atoms in total. The van der Waals surface area contributed by atoms with Crippen molar-refractivity contribution in [1.29, 1.82) is 0 Å². The first kappa shape index (κ1) is 15.4. The maximum absolute atomic E-state index is 12.3. The van der Waals surface area contributed by atoms with Crippen molar-refractivity contribution in [3.63, 3.8) is 0 Å². The van der Waals surface area contributed by atoms with Gasteiger partial charge in [0.05, 0.1) is 10.7 Å². The highest BCUT2D eigenvalue weighted by Gasteiger charge is 2.28. The third-order valence-corrected chi connectivity index (χ3v) is 5.95. The molecule has 0 spiro atoms. The fraction of sp³-hybridized carbons (Fsp3) is 0.500. The summed E-state index contributed by atoms with van der Waals surface area (Å²) in [5, 5.41) is 0. The summed E-state index contributed by atoms with van der Waals surface area (Å²) < 4.78 is 26.2. The van der Waals surface area contributed by atoms with Gasteiger partial charge in [-0.15, -0.1) is 0 Å². The predicted octanol–water partition coefficient (Wildman–Crippen LogP) is 1.56. The van der Waals surface area contributed by atoms with Crippen LogP contribution in [0.1, 0.15) is 18.4 Å². The Hall–Kier alpha value is -0.980. The van der Waals surface area contributed by atoms with Gasteiger partial charge in [-0.05, 0) is 24.8 Å². The van der Waals surface area contributed by atoms with E-state index in [-0.39, 0.29) is 11.7 Å². The van der Waals surface area contributed by atoms with Gasteiger partial charge >= 0.3 is 0 Å². The molecule has 1 aliphatic heterocycles. The lowest BCUT2D eigenvalue weighted by molar-refractivity contribution is 0.317. The third-order valence-electron chi connectivity index (χ3n) is 3.74. The molecule has 20 heavy (non-hydrogen) atoms. The van der Waals surface area contributed by atoms with Crippen LogP contribution in [0.15, 0.2) is 30.3 Å². The van der Waals surface area contributed by atoms with Crippen LogP contribution in [0.2, 0.25) is 0 Å². The zero-order chi connectivity index (χ0) is 14.6. The average molecular weight is 312 g/mol. The minimum absolute atomic E-state index is 0.161. The van der Waals surface area contributed by atoms with Gasteiger partial charge in [0.1, 0.15) is 0 Å². The van der Waals surface area contributed by atoms with Gasteiger partial charge in [0.2, 0.25) is 10.0 Å². The Morgan fingerprint density at radius 3 is 2.40 bits per heavy atom. The van der Waals surface area contributed by atoms with Crippen molar-refractivity contribution in [1.82, 2.24) is 4.31 Å². The van der Waals surface area contributed by atoms with Crippen LogP contribution < -0.4 is 5.73 Å². The number of nitrogens with two attached hydrogens (primary N) is 1. The second kappa shape index (κ2) is 6.65. The van der Waals surface area contributed by atoms with Gasteiger partial charge in [-0.3, -0.25) is 0 Å². The Morgan fingerprint density at radius 2 is 1.85 bits per heavy atom. The molecule has 0 radical (unpaired) electrons. The maximum Gasteiger partial charge on any atom is 0.214 e. The lowest BCUT2D eigenvalue weighted by Gasteiger charge is -2.30. The van der Waals surface area contributed by atoms with E-state index in [2.05, 4.69) is 0 Å². The van der Waals surface area contributed by atoms with E-state index >= 15 is 0 Å². The number of hydrogen-bond donors (Lipinski definition) is 1. The van der Waals surface area contributed by atoms with Gasteiger partial charge < -0.3 is 5.73 Å². The summed E-state index contributed by atoms with van der Waals surface area (Å²) in [6, 6.07) is 9.69. The van der Waals surface area contributed by atoms with Crippen LogP contribution in [0.5, 0.6) is 0 Å². The van der Waals surface area contributed by atoms with E-state index in [1.165, 1.54) is 0 Å². The molecule has 0 bridgehead atoms. The summed E-state index contributed by atoms with van der Waals surface area (Å²) >= 11 is 4.97. The monoisotopic (exact) mass is 312 g/mol. The highest BCUT2D eigenvalue weighted by molar-refractivity contribution is 7.89. The summed E-state index contributed by atoms with van der Waals surface area (Å²) in [4.78, 5) is 0.506. The number of aryl methyl sites for hydroxylation is 1. The van der Waals surface area contributed by atoms with Crippen molar-refractivity contribution in [2.75, 3.05) is 18.8 Å². The first-order chi connectivity index (χ1) is 9.49. The molecular weight excluding hydrogens is 292 g/mol. The van der Waals surface area contributed by atoms with Crippen molar-refractivity contribution in [3.8, 4) is 0 Å². The zero-order valence-corrected chi connectivity index (χ0v) is 13.0. The molecule has 1 fully saturated rings. The fourth-order valence-electron chi connectivity index (χ4n) is 2.44. The molecule has 6 heteroatoms. The van der Waals surface area contributed by atoms with Gasteiger partial charge in [-0.2, -0.15) is 0 Å². The van der Waals surface area contributed by atoms with Crippen LogP contribution in [-0.4, -0.2) is 36.6 Å². The number of piperidine rings is 1. The normalized spacial score (nSPS) is 18.0. The number of sulfonamides is 1. The van der Waals surface area contributed by atoms with Crippen LogP contribution in [-0.2, 0) is 16.4 Å². The van der Waals surface area contributed by atoms with Crippen LogP contribution >= 0.6 is 12.2 Å². The SMILES string of the molecule is NC(=S)C1CCN(S(=O)(=O)CCc2ccccc2)CC1. The number of benzene rings is 1. The number of rotatable bonds is 5. The molecule has 0 atom stereocenters. The molecule has 2 rings (SSSR count). The van der Waals surface area contributed by atoms with E-state index in [9.17, 15) is 8.42 Å². The molecule has 0 unspecified atom stereocenters.